The van der Waals surface area contributed by atoms with Crippen LogP contribution in [-0.4, -0.2) is 12.2 Å². The standard InChI is InChI=1S/C14H11BrCl3NO2/c1-21-12-3-7(2-9(15)14(12)20)6-19-13-10(17)4-8(16)5-11(13)18/h2-5,19-20H,6H2,1H3. The van der Waals surface area contributed by atoms with E-state index in [1.54, 1.807) is 24.3 Å². The van der Waals surface area contributed by atoms with Crippen molar-refractivity contribution in [3.05, 3.63) is 49.4 Å². The molecule has 0 unspecified atom stereocenters. The topological polar surface area (TPSA) is 41.5 Å². The number of phenolic OH excluding ortho intramolecular Hbond substituents is 1. The highest BCUT2D eigenvalue weighted by Crippen LogP contribution is 2.37. The molecule has 0 saturated carbocycles. The zero-order valence-corrected chi connectivity index (χ0v) is 14.7. The fourth-order valence-electron chi connectivity index (χ4n) is 1.79. The van der Waals surface area contributed by atoms with Crippen molar-refractivity contribution in [1.82, 2.24) is 0 Å². The van der Waals surface area contributed by atoms with Crippen molar-refractivity contribution in [2.75, 3.05) is 12.4 Å². The maximum Gasteiger partial charge on any atom is 0.172 e. The average Bonchev–Trinajstić information content (AvgIpc) is 2.41. The third-order valence-electron chi connectivity index (χ3n) is 2.78. The zero-order valence-electron chi connectivity index (χ0n) is 10.9. The molecule has 0 aliphatic heterocycles. The van der Waals surface area contributed by atoms with Crippen LogP contribution in [0.3, 0.4) is 0 Å². The molecule has 7 heteroatoms. The van der Waals surface area contributed by atoms with E-state index in [4.69, 9.17) is 39.5 Å². The molecule has 0 fully saturated rings. The molecule has 0 amide bonds. The van der Waals surface area contributed by atoms with E-state index in [1.165, 1.54) is 7.11 Å². The van der Waals surface area contributed by atoms with Gasteiger partial charge in [-0.3, -0.25) is 0 Å². The van der Waals surface area contributed by atoms with Crippen molar-refractivity contribution in [2.45, 2.75) is 6.54 Å². The predicted molar refractivity (Wildman–Crippen MR) is 91.2 cm³/mol. The summed E-state index contributed by atoms with van der Waals surface area (Å²) in [4.78, 5) is 0. The summed E-state index contributed by atoms with van der Waals surface area (Å²) in [7, 11) is 1.49. The second-order valence-electron chi connectivity index (χ2n) is 4.23. The first-order valence-electron chi connectivity index (χ1n) is 5.86. The number of nitrogens with one attached hydrogen (secondary N) is 1. The zero-order chi connectivity index (χ0) is 15.6. The molecule has 112 valence electrons. The van der Waals surface area contributed by atoms with Gasteiger partial charge in [-0.15, -0.1) is 0 Å². The summed E-state index contributed by atoms with van der Waals surface area (Å²) in [5.41, 5.74) is 1.49. The van der Waals surface area contributed by atoms with Gasteiger partial charge in [0.2, 0.25) is 0 Å². The number of ether oxygens (including phenoxy) is 1. The Kier molecular flexibility index (Phi) is 5.49. The van der Waals surface area contributed by atoms with Gasteiger partial charge < -0.3 is 15.2 Å². The van der Waals surface area contributed by atoms with Gasteiger partial charge in [-0.2, -0.15) is 0 Å². The van der Waals surface area contributed by atoms with Gasteiger partial charge in [0.25, 0.3) is 0 Å². The molecule has 0 saturated heterocycles. The summed E-state index contributed by atoms with van der Waals surface area (Å²) < 4.78 is 5.65. The molecule has 21 heavy (non-hydrogen) atoms. The van der Waals surface area contributed by atoms with E-state index in [0.717, 1.165) is 5.56 Å². The highest BCUT2D eigenvalue weighted by Gasteiger charge is 2.11. The number of halogens is 4. The van der Waals surface area contributed by atoms with Crippen molar-refractivity contribution < 1.29 is 9.84 Å². The van der Waals surface area contributed by atoms with Gasteiger partial charge in [0.15, 0.2) is 11.5 Å². The monoisotopic (exact) mass is 409 g/mol. The van der Waals surface area contributed by atoms with Gasteiger partial charge in [0.1, 0.15) is 0 Å². The molecule has 2 aromatic carbocycles. The maximum absolute atomic E-state index is 9.78. The number of benzene rings is 2. The number of phenols is 1. The van der Waals surface area contributed by atoms with Gasteiger partial charge in [-0.25, -0.2) is 0 Å². The summed E-state index contributed by atoms with van der Waals surface area (Å²) in [6, 6.07) is 6.74. The minimum Gasteiger partial charge on any atom is -0.503 e. The van der Waals surface area contributed by atoms with Crippen molar-refractivity contribution in [2.24, 2.45) is 0 Å². The first kappa shape index (κ1) is 16.6. The molecule has 0 atom stereocenters. The maximum atomic E-state index is 9.78. The van der Waals surface area contributed by atoms with E-state index < -0.39 is 0 Å². The molecule has 2 rings (SSSR count). The van der Waals surface area contributed by atoms with Crippen LogP contribution >= 0.6 is 50.7 Å². The van der Waals surface area contributed by atoms with E-state index in [-0.39, 0.29) is 5.75 Å². The highest BCUT2D eigenvalue weighted by atomic mass is 79.9. The molecule has 2 aromatic rings. The number of hydrogen-bond acceptors (Lipinski definition) is 3. The van der Waals surface area contributed by atoms with Crippen molar-refractivity contribution in [1.29, 1.82) is 0 Å². The Balaban J connectivity index is 2.23. The van der Waals surface area contributed by atoms with E-state index in [2.05, 4.69) is 21.2 Å². The summed E-state index contributed by atoms with van der Waals surface area (Å²) >= 11 is 21.4. The smallest absolute Gasteiger partial charge is 0.172 e. The van der Waals surface area contributed by atoms with Gasteiger partial charge >= 0.3 is 0 Å². The summed E-state index contributed by atoms with van der Waals surface area (Å²) in [5.74, 6) is 0.443. The number of rotatable bonds is 4. The van der Waals surface area contributed by atoms with Crippen LogP contribution in [0.25, 0.3) is 0 Å². The summed E-state index contributed by atoms with van der Waals surface area (Å²) in [6.07, 6.45) is 0. The van der Waals surface area contributed by atoms with E-state index in [9.17, 15) is 5.11 Å². The fourth-order valence-corrected chi connectivity index (χ4v) is 3.23. The Hall–Kier alpha value is -0.810. The van der Waals surface area contributed by atoms with Gasteiger partial charge in [-0.1, -0.05) is 34.8 Å². The average molecular weight is 412 g/mol. The third kappa shape index (κ3) is 3.89. The van der Waals surface area contributed by atoms with E-state index >= 15 is 0 Å². The minimum absolute atomic E-state index is 0.0591. The normalized spacial score (nSPS) is 10.5. The lowest BCUT2D eigenvalue weighted by Crippen LogP contribution is -2.01. The number of anilines is 1. The molecule has 3 nitrogen and oxygen atoms in total. The molecule has 2 N–H and O–H groups in total. The number of hydrogen-bond donors (Lipinski definition) is 2. The van der Waals surface area contributed by atoms with Crippen molar-refractivity contribution in [3.63, 3.8) is 0 Å². The Labute approximate surface area is 145 Å². The molecular formula is C14H11BrCl3NO2. The van der Waals surface area contributed by atoms with Crippen LogP contribution in [0.2, 0.25) is 15.1 Å². The number of methoxy groups -OCH3 is 1. The Morgan fingerprint density at radius 3 is 2.33 bits per heavy atom. The molecule has 0 aliphatic rings. The molecule has 0 spiro atoms. The predicted octanol–water partition coefficient (Wildman–Crippen LogP) is 5.74. The lowest BCUT2D eigenvalue weighted by atomic mass is 10.2. The Morgan fingerprint density at radius 1 is 1.14 bits per heavy atom. The molecule has 0 bridgehead atoms. The molecule has 0 aromatic heterocycles. The fraction of sp³-hybridized carbons (Fsp3) is 0.143. The minimum atomic E-state index is 0.0591. The van der Waals surface area contributed by atoms with Crippen LogP contribution in [0.1, 0.15) is 5.56 Å². The van der Waals surface area contributed by atoms with Crippen LogP contribution in [0, 0.1) is 0 Å². The van der Waals surface area contributed by atoms with Crippen LogP contribution in [0.5, 0.6) is 11.5 Å². The first-order valence-corrected chi connectivity index (χ1v) is 7.79. The third-order valence-corrected chi connectivity index (χ3v) is 4.20. The molecule has 0 radical (unpaired) electrons. The van der Waals surface area contributed by atoms with Gasteiger partial charge in [-0.05, 0) is 45.8 Å². The highest BCUT2D eigenvalue weighted by molar-refractivity contribution is 9.10. The second kappa shape index (κ2) is 6.97. The molecule has 0 aliphatic carbocycles. The van der Waals surface area contributed by atoms with Gasteiger partial charge in [0, 0.05) is 11.6 Å². The first-order chi connectivity index (χ1) is 9.92. The molecular weight excluding hydrogens is 400 g/mol. The SMILES string of the molecule is COc1cc(CNc2c(Cl)cc(Cl)cc2Cl)cc(Br)c1O. The quantitative estimate of drug-likeness (QED) is 0.675. The van der Waals surface area contributed by atoms with Crippen molar-refractivity contribution >= 4 is 56.4 Å². The van der Waals surface area contributed by atoms with Crippen LogP contribution in [0.4, 0.5) is 5.69 Å². The van der Waals surface area contributed by atoms with Crippen LogP contribution in [-0.2, 0) is 6.54 Å². The Bertz CT molecular complexity index is 657. The largest absolute Gasteiger partial charge is 0.503 e. The van der Waals surface area contributed by atoms with E-state index in [1.807, 2.05) is 0 Å². The Morgan fingerprint density at radius 2 is 1.76 bits per heavy atom. The molecule has 0 heterocycles. The van der Waals surface area contributed by atoms with Crippen LogP contribution in [0.15, 0.2) is 28.7 Å². The van der Waals surface area contributed by atoms with E-state index in [0.29, 0.717) is 37.5 Å². The summed E-state index contributed by atoms with van der Waals surface area (Å²) in [6.45, 7) is 0.455. The lowest BCUT2D eigenvalue weighted by Gasteiger charge is -2.13. The number of aromatic hydroxyl groups is 1. The summed E-state index contributed by atoms with van der Waals surface area (Å²) in [5, 5.41) is 14.3. The van der Waals surface area contributed by atoms with Crippen LogP contribution < -0.4 is 10.1 Å². The lowest BCUT2D eigenvalue weighted by molar-refractivity contribution is 0.371. The second-order valence-corrected chi connectivity index (χ2v) is 6.33. The van der Waals surface area contributed by atoms with Crippen molar-refractivity contribution in [3.8, 4) is 11.5 Å². The van der Waals surface area contributed by atoms with Gasteiger partial charge in [0.05, 0.1) is 27.3 Å².